The minimum atomic E-state index is -0.986. The monoisotopic (exact) mass is 292 g/mol. The lowest BCUT2D eigenvalue weighted by atomic mass is 10.1. The normalized spacial score (nSPS) is 13.2. The van der Waals surface area contributed by atoms with Crippen LogP contribution in [0.1, 0.15) is 27.2 Å². The first kappa shape index (κ1) is 12.8. The molecule has 104 valence electrons. The number of amides is 1. The number of aromatic carboxylic acids is 1. The number of aromatic nitrogens is 3. The highest BCUT2D eigenvalue weighted by Gasteiger charge is 2.27. The Labute approximate surface area is 118 Å². The van der Waals surface area contributed by atoms with Crippen LogP contribution in [0.15, 0.2) is 12.4 Å². The summed E-state index contributed by atoms with van der Waals surface area (Å²) in [7, 11) is 0. The number of carbonyl (C=O) groups excluding carboxylic acids is 1. The molecule has 0 unspecified atom stereocenters. The summed E-state index contributed by atoms with van der Waals surface area (Å²) >= 11 is 1.36. The number of rotatable bonds is 4. The van der Waals surface area contributed by atoms with Gasteiger partial charge in [0.2, 0.25) is 5.91 Å². The van der Waals surface area contributed by atoms with Gasteiger partial charge in [0.05, 0.1) is 11.8 Å². The van der Waals surface area contributed by atoms with Gasteiger partial charge in [-0.3, -0.25) is 4.79 Å². The molecule has 0 saturated carbocycles. The van der Waals surface area contributed by atoms with Gasteiger partial charge in [0.25, 0.3) is 0 Å². The summed E-state index contributed by atoms with van der Waals surface area (Å²) in [4.78, 5) is 24.3. The number of thiophene rings is 1. The number of anilines is 1. The first-order valence-corrected chi connectivity index (χ1v) is 6.98. The highest BCUT2D eigenvalue weighted by Crippen LogP contribution is 2.39. The zero-order chi connectivity index (χ0) is 14.1. The summed E-state index contributed by atoms with van der Waals surface area (Å²) in [5.41, 5.74) is 1.12. The zero-order valence-corrected chi connectivity index (χ0v) is 11.3. The molecule has 2 aromatic heterocycles. The standard InChI is InChI=1S/C12H12N4O3S/c17-9(6-16-5-4-13-15-16)14-11-10(12(18)19)7-2-1-3-8(7)20-11/h4-5H,1-3,6H2,(H,14,17)(H,18,19). The maximum Gasteiger partial charge on any atom is 0.339 e. The molecular formula is C12H12N4O3S. The van der Waals surface area contributed by atoms with Gasteiger partial charge in [-0.15, -0.1) is 16.4 Å². The SMILES string of the molecule is O=C(Cn1ccnn1)Nc1sc2c(c1C(=O)O)CCC2. The van der Waals surface area contributed by atoms with Gasteiger partial charge >= 0.3 is 5.97 Å². The number of fused-ring (bicyclic) bond motifs is 1. The van der Waals surface area contributed by atoms with E-state index < -0.39 is 5.97 Å². The molecule has 0 radical (unpaired) electrons. The second-order valence-corrected chi connectivity index (χ2v) is 5.62. The Hall–Kier alpha value is -2.22. The van der Waals surface area contributed by atoms with Gasteiger partial charge in [0, 0.05) is 11.1 Å². The van der Waals surface area contributed by atoms with Crippen LogP contribution in [0.25, 0.3) is 0 Å². The maximum atomic E-state index is 11.9. The number of nitrogens with one attached hydrogen (secondary N) is 1. The van der Waals surface area contributed by atoms with Crippen LogP contribution in [0.2, 0.25) is 0 Å². The fourth-order valence-electron chi connectivity index (χ4n) is 2.35. The molecular weight excluding hydrogens is 280 g/mol. The van der Waals surface area contributed by atoms with E-state index in [0.717, 1.165) is 29.7 Å². The van der Waals surface area contributed by atoms with E-state index in [0.29, 0.717) is 5.00 Å². The Bertz CT molecular complexity index is 663. The Morgan fingerprint density at radius 2 is 2.30 bits per heavy atom. The van der Waals surface area contributed by atoms with E-state index in [-0.39, 0.29) is 18.0 Å². The van der Waals surface area contributed by atoms with Crippen LogP contribution in [0.3, 0.4) is 0 Å². The Morgan fingerprint density at radius 1 is 1.45 bits per heavy atom. The van der Waals surface area contributed by atoms with Crippen molar-refractivity contribution in [2.24, 2.45) is 0 Å². The number of carboxylic acids is 1. The lowest BCUT2D eigenvalue weighted by Gasteiger charge is -2.05. The number of carbonyl (C=O) groups is 2. The van der Waals surface area contributed by atoms with Crippen molar-refractivity contribution < 1.29 is 14.7 Å². The number of hydrogen-bond acceptors (Lipinski definition) is 5. The van der Waals surface area contributed by atoms with Crippen molar-refractivity contribution in [1.29, 1.82) is 0 Å². The van der Waals surface area contributed by atoms with Crippen molar-refractivity contribution in [1.82, 2.24) is 15.0 Å². The van der Waals surface area contributed by atoms with Crippen LogP contribution in [0.5, 0.6) is 0 Å². The molecule has 8 heteroatoms. The molecule has 0 atom stereocenters. The van der Waals surface area contributed by atoms with Crippen LogP contribution >= 0.6 is 11.3 Å². The summed E-state index contributed by atoms with van der Waals surface area (Å²) in [6, 6.07) is 0. The fourth-order valence-corrected chi connectivity index (χ4v) is 3.65. The Kier molecular flexibility index (Phi) is 3.23. The molecule has 2 aromatic rings. The van der Waals surface area contributed by atoms with E-state index >= 15 is 0 Å². The quantitative estimate of drug-likeness (QED) is 0.881. The highest BCUT2D eigenvalue weighted by molar-refractivity contribution is 7.17. The fraction of sp³-hybridized carbons (Fsp3) is 0.333. The van der Waals surface area contributed by atoms with Gasteiger partial charge in [-0.05, 0) is 24.8 Å². The maximum absolute atomic E-state index is 11.9. The molecule has 2 N–H and O–H groups in total. The summed E-state index contributed by atoms with van der Waals surface area (Å²) in [5, 5.41) is 19.7. The third-order valence-corrected chi connectivity index (χ3v) is 4.37. The van der Waals surface area contributed by atoms with Gasteiger partial charge < -0.3 is 10.4 Å². The minimum absolute atomic E-state index is 0.0155. The highest BCUT2D eigenvalue weighted by atomic mass is 32.1. The van der Waals surface area contributed by atoms with Crippen LogP contribution in [0.4, 0.5) is 5.00 Å². The van der Waals surface area contributed by atoms with Crippen molar-refractivity contribution in [3.05, 3.63) is 28.4 Å². The van der Waals surface area contributed by atoms with Crippen molar-refractivity contribution in [3.63, 3.8) is 0 Å². The average molecular weight is 292 g/mol. The number of hydrogen-bond donors (Lipinski definition) is 2. The summed E-state index contributed by atoms with van der Waals surface area (Å²) < 4.78 is 1.39. The van der Waals surface area contributed by atoms with Crippen LogP contribution < -0.4 is 5.32 Å². The number of nitrogens with zero attached hydrogens (tertiary/aromatic N) is 3. The predicted octanol–water partition coefficient (Wildman–Crippen LogP) is 1.17. The smallest absolute Gasteiger partial charge is 0.339 e. The molecule has 0 spiro atoms. The summed E-state index contributed by atoms with van der Waals surface area (Å²) in [5.74, 6) is -1.29. The van der Waals surface area contributed by atoms with Crippen LogP contribution in [-0.4, -0.2) is 32.0 Å². The first-order chi connectivity index (χ1) is 9.65. The van der Waals surface area contributed by atoms with E-state index in [9.17, 15) is 14.7 Å². The molecule has 3 rings (SSSR count). The van der Waals surface area contributed by atoms with Crippen molar-refractivity contribution in [2.45, 2.75) is 25.8 Å². The Balaban J connectivity index is 1.80. The van der Waals surface area contributed by atoms with E-state index in [2.05, 4.69) is 15.6 Å². The second kappa shape index (κ2) is 5.04. The topological polar surface area (TPSA) is 97.1 Å². The molecule has 2 heterocycles. The van der Waals surface area contributed by atoms with Gasteiger partial charge in [-0.1, -0.05) is 5.21 Å². The molecule has 1 aliphatic rings. The molecule has 1 amide bonds. The molecule has 1 aliphatic carbocycles. The zero-order valence-electron chi connectivity index (χ0n) is 10.5. The number of aryl methyl sites for hydroxylation is 1. The van der Waals surface area contributed by atoms with Gasteiger partial charge in [0.1, 0.15) is 11.5 Å². The summed E-state index contributed by atoms with van der Waals surface area (Å²) in [6.45, 7) is 0.0155. The van der Waals surface area contributed by atoms with Crippen molar-refractivity contribution >= 4 is 28.2 Å². The predicted molar refractivity (Wildman–Crippen MR) is 72.0 cm³/mol. The molecule has 0 bridgehead atoms. The average Bonchev–Trinajstić information content (AvgIpc) is 3.04. The van der Waals surface area contributed by atoms with Gasteiger partial charge in [-0.2, -0.15) is 0 Å². The molecule has 0 saturated heterocycles. The van der Waals surface area contributed by atoms with Crippen molar-refractivity contribution in [3.8, 4) is 0 Å². The number of carboxylic acid groups (broad SMARTS) is 1. The van der Waals surface area contributed by atoms with Crippen molar-refractivity contribution in [2.75, 3.05) is 5.32 Å². The van der Waals surface area contributed by atoms with E-state index in [1.807, 2.05) is 0 Å². The van der Waals surface area contributed by atoms with E-state index in [4.69, 9.17) is 0 Å². The largest absolute Gasteiger partial charge is 0.478 e. The van der Waals surface area contributed by atoms with E-state index in [1.165, 1.54) is 22.2 Å². The molecule has 0 aliphatic heterocycles. The van der Waals surface area contributed by atoms with Gasteiger partial charge in [0.15, 0.2) is 0 Å². The second-order valence-electron chi connectivity index (χ2n) is 4.52. The molecule has 0 fully saturated rings. The lowest BCUT2D eigenvalue weighted by molar-refractivity contribution is -0.116. The van der Waals surface area contributed by atoms with Crippen LogP contribution in [0, 0.1) is 0 Å². The molecule has 7 nitrogen and oxygen atoms in total. The third-order valence-electron chi connectivity index (χ3n) is 3.17. The lowest BCUT2D eigenvalue weighted by Crippen LogP contribution is -2.20. The van der Waals surface area contributed by atoms with E-state index in [1.54, 1.807) is 6.20 Å². The Morgan fingerprint density at radius 3 is 3.00 bits per heavy atom. The molecule has 0 aromatic carbocycles. The molecule has 20 heavy (non-hydrogen) atoms. The van der Waals surface area contributed by atoms with Gasteiger partial charge in [-0.25, -0.2) is 9.48 Å². The third kappa shape index (κ3) is 2.29. The summed E-state index contributed by atoms with van der Waals surface area (Å²) in [6.07, 6.45) is 5.70. The van der Waals surface area contributed by atoms with Crippen LogP contribution in [-0.2, 0) is 24.2 Å². The first-order valence-electron chi connectivity index (χ1n) is 6.17. The minimum Gasteiger partial charge on any atom is -0.478 e.